The van der Waals surface area contributed by atoms with Crippen LogP contribution in [0.15, 0.2) is 35.3 Å². The highest BCUT2D eigenvalue weighted by Crippen LogP contribution is 2.26. The summed E-state index contributed by atoms with van der Waals surface area (Å²) in [6.45, 7) is 4.95. The van der Waals surface area contributed by atoms with Gasteiger partial charge in [-0.3, -0.25) is 9.59 Å². The van der Waals surface area contributed by atoms with Crippen LogP contribution in [0, 0.1) is 5.82 Å². The Labute approximate surface area is 169 Å². The van der Waals surface area contributed by atoms with Crippen LogP contribution < -0.4 is 15.2 Å². The summed E-state index contributed by atoms with van der Waals surface area (Å²) in [6, 6.07) is 5.48. The largest absolute Gasteiger partial charge is 0.496 e. The SMILES string of the molecule is COc1ccc(F)cc1C(=O)N1CCC[C@@H](n2ncc(N(C)C(C)C)cc2=O)C1. The second-order valence-corrected chi connectivity index (χ2v) is 7.59. The van der Waals surface area contributed by atoms with Crippen molar-refractivity contribution < 1.29 is 13.9 Å². The molecule has 1 fully saturated rings. The normalized spacial score (nSPS) is 16.8. The molecule has 156 valence electrons. The fraction of sp³-hybridized carbons (Fsp3) is 0.476. The molecule has 1 saturated heterocycles. The van der Waals surface area contributed by atoms with Crippen molar-refractivity contribution in [2.75, 3.05) is 32.1 Å². The molecule has 0 aliphatic carbocycles. The third-order valence-corrected chi connectivity index (χ3v) is 5.41. The minimum atomic E-state index is -0.495. The highest BCUT2D eigenvalue weighted by atomic mass is 19.1. The average molecular weight is 402 g/mol. The Morgan fingerprint density at radius 1 is 1.34 bits per heavy atom. The predicted molar refractivity (Wildman–Crippen MR) is 109 cm³/mol. The van der Waals surface area contributed by atoms with Crippen LogP contribution in [0.5, 0.6) is 5.75 Å². The van der Waals surface area contributed by atoms with Crippen LogP contribution in [0.4, 0.5) is 10.1 Å². The molecule has 7 nitrogen and oxygen atoms in total. The molecule has 1 aromatic carbocycles. The second-order valence-electron chi connectivity index (χ2n) is 7.59. The number of carbonyl (C=O) groups excluding carboxylic acids is 1. The van der Waals surface area contributed by atoms with Gasteiger partial charge in [-0.25, -0.2) is 9.07 Å². The van der Waals surface area contributed by atoms with Gasteiger partial charge in [0.05, 0.1) is 30.6 Å². The van der Waals surface area contributed by atoms with Crippen molar-refractivity contribution in [1.82, 2.24) is 14.7 Å². The number of hydrogen-bond acceptors (Lipinski definition) is 5. The van der Waals surface area contributed by atoms with Crippen LogP contribution in [0.3, 0.4) is 0 Å². The third kappa shape index (κ3) is 4.41. The molecule has 0 spiro atoms. The zero-order valence-corrected chi connectivity index (χ0v) is 17.3. The fourth-order valence-corrected chi connectivity index (χ4v) is 3.53. The number of methoxy groups -OCH3 is 1. The molecular weight excluding hydrogens is 375 g/mol. The maximum Gasteiger partial charge on any atom is 0.269 e. The number of ether oxygens (including phenoxy) is 1. The number of anilines is 1. The fourth-order valence-electron chi connectivity index (χ4n) is 3.53. The Kier molecular flexibility index (Phi) is 6.20. The van der Waals surface area contributed by atoms with Gasteiger partial charge in [0.1, 0.15) is 11.6 Å². The topological polar surface area (TPSA) is 67.7 Å². The highest BCUT2D eigenvalue weighted by molar-refractivity contribution is 5.97. The zero-order chi connectivity index (χ0) is 21.1. The zero-order valence-electron chi connectivity index (χ0n) is 17.3. The number of amides is 1. The first kappa shape index (κ1) is 20.8. The summed E-state index contributed by atoms with van der Waals surface area (Å²) in [6.07, 6.45) is 3.16. The molecule has 0 bridgehead atoms. The van der Waals surface area contributed by atoms with Crippen molar-refractivity contribution in [3.8, 4) is 5.75 Å². The highest BCUT2D eigenvalue weighted by Gasteiger charge is 2.28. The van der Waals surface area contributed by atoms with E-state index in [-0.39, 0.29) is 29.1 Å². The van der Waals surface area contributed by atoms with Gasteiger partial charge in [0.15, 0.2) is 0 Å². The van der Waals surface area contributed by atoms with Crippen molar-refractivity contribution in [2.24, 2.45) is 0 Å². The summed E-state index contributed by atoms with van der Waals surface area (Å²) in [4.78, 5) is 29.2. The van der Waals surface area contributed by atoms with Crippen LogP contribution in [0.1, 0.15) is 43.1 Å². The van der Waals surface area contributed by atoms with E-state index in [4.69, 9.17) is 4.74 Å². The average Bonchev–Trinajstić information content (AvgIpc) is 2.72. The van der Waals surface area contributed by atoms with Crippen LogP contribution >= 0.6 is 0 Å². The van der Waals surface area contributed by atoms with E-state index < -0.39 is 5.82 Å². The second kappa shape index (κ2) is 8.63. The summed E-state index contributed by atoms with van der Waals surface area (Å²) in [7, 11) is 3.36. The molecule has 0 unspecified atom stereocenters. The van der Waals surface area contributed by atoms with Crippen LogP contribution in [0.25, 0.3) is 0 Å². The van der Waals surface area contributed by atoms with E-state index >= 15 is 0 Å². The van der Waals surface area contributed by atoms with Gasteiger partial charge in [-0.2, -0.15) is 5.10 Å². The molecule has 0 radical (unpaired) electrons. The van der Waals surface area contributed by atoms with Crippen LogP contribution in [-0.2, 0) is 0 Å². The lowest BCUT2D eigenvalue weighted by Crippen LogP contribution is -2.43. The molecule has 1 amide bonds. The summed E-state index contributed by atoms with van der Waals surface area (Å²) < 4.78 is 20.3. The maximum absolute atomic E-state index is 13.7. The minimum absolute atomic E-state index is 0.183. The van der Waals surface area contributed by atoms with Crippen molar-refractivity contribution in [1.29, 1.82) is 0 Å². The number of carbonyl (C=O) groups is 1. The minimum Gasteiger partial charge on any atom is -0.496 e. The molecule has 2 heterocycles. The lowest BCUT2D eigenvalue weighted by Gasteiger charge is -2.33. The number of hydrogen-bond donors (Lipinski definition) is 0. The van der Waals surface area contributed by atoms with Gasteiger partial charge in [0, 0.05) is 32.2 Å². The summed E-state index contributed by atoms with van der Waals surface area (Å²) in [5.41, 5.74) is 0.745. The molecule has 29 heavy (non-hydrogen) atoms. The molecule has 0 saturated carbocycles. The summed E-state index contributed by atoms with van der Waals surface area (Å²) in [5, 5.41) is 4.36. The van der Waals surface area contributed by atoms with E-state index in [1.165, 1.54) is 30.0 Å². The van der Waals surface area contributed by atoms with Gasteiger partial charge in [0.2, 0.25) is 0 Å². The Morgan fingerprint density at radius 2 is 2.10 bits per heavy atom. The first-order valence-corrected chi connectivity index (χ1v) is 9.76. The molecule has 0 N–H and O–H groups in total. The van der Waals surface area contributed by atoms with Crippen molar-refractivity contribution in [2.45, 2.75) is 38.8 Å². The molecule has 2 aromatic rings. The lowest BCUT2D eigenvalue weighted by atomic mass is 10.0. The number of piperidine rings is 1. The first-order valence-electron chi connectivity index (χ1n) is 9.76. The molecular formula is C21H27FN4O3. The predicted octanol–water partition coefficient (Wildman–Crippen LogP) is 2.71. The molecule has 3 rings (SSSR count). The van der Waals surface area contributed by atoms with E-state index in [0.29, 0.717) is 18.8 Å². The maximum atomic E-state index is 13.7. The third-order valence-electron chi connectivity index (χ3n) is 5.41. The number of likely N-dealkylation sites (tertiary alicyclic amines) is 1. The monoisotopic (exact) mass is 402 g/mol. The van der Waals surface area contributed by atoms with Gasteiger partial charge in [0.25, 0.3) is 11.5 Å². The molecule has 1 aliphatic rings. The summed E-state index contributed by atoms with van der Waals surface area (Å²) in [5.74, 6) is -0.476. The summed E-state index contributed by atoms with van der Waals surface area (Å²) >= 11 is 0. The Balaban J connectivity index is 1.82. The van der Waals surface area contributed by atoms with E-state index in [9.17, 15) is 14.0 Å². The van der Waals surface area contributed by atoms with Gasteiger partial charge in [-0.05, 0) is 44.9 Å². The lowest BCUT2D eigenvalue weighted by molar-refractivity contribution is 0.0666. The number of rotatable bonds is 5. The molecule has 1 aliphatic heterocycles. The van der Waals surface area contributed by atoms with Crippen LogP contribution in [-0.4, -0.2) is 53.9 Å². The van der Waals surface area contributed by atoms with Gasteiger partial charge >= 0.3 is 0 Å². The molecule has 1 aromatic heterocycles. The standard InChI is InChI=1S/C21H27FN4O3/c1-14(2)24(3)17-11-20(27)26(23-12-17)16-6-5-9-25(13-16)21(28)18-10-15(22)7-8-19(18)29-4/h7-8,10-12,14,16H,5-6,9,13H2,1-4H3/t16-/m1/s1. The van der Waals surface area contributed by atoms with Crippen molar-refractivity contribution in [3.05, 3.63) is 52.2 Å². The van der Waals surface area contributed by atoms with E-state index in [1.54, 1.807) is 17.2 Å². The number of nitrogens with zero attached hydrogens (tertiary/aromatic N) is 4. The van der Waals surface area contributed by atoms with Gasteiger partial charge < -0.3 is 14.5 Å². The van der Waals surface area contributed by atoms with Crippen molar-refractivity contribution in [3.63, 3.8) is 0 Å². The van der Waals surface area contributed by atoms with Gasteiger partial charge in [-0.15, -0.1) is 0 Å². The molecule has 1 atom stereocenters. The van der Waals surface area contributed by atoms with E-state index in [2.05, 4.69) is 5.10 Å². The quantitative estimate of drug-likeness (QED) is 0.769. The smallest absolute Gasteiger partial charge is 0.269 e. The van der Waals surface area contributed by atoms with Crippen molar-refractivity contribution >= 4 is 11.6 Å². The number of benzene rings is 1. The number of aromatic nitrogens is 2. The Morgan fingerprint density at radius 3 is 2.76 bits per heavy atom. The Hall–Kier alpha value is -2.90. The Bertz CT molecular complexity index is 944. The number of halogens is 1. The molecule has 8 heteroatoms. The van der Waals surface area contributed by atoms with E-state index in [0.717, 1.165) is 18.5 Å². The van der Waals surface area contributed by atoms with Crippen LogP contribution in [0.2, 0.25) is 0 Å². The van der Waals surface area contributed by atoms with E-state index in [1.807, 2.05) is 25.8 Å². The van der Waals surface area contributed by atoms with Gasteiger partial charge in [-0.1, -0.05) is 0 Å². The first-order chi connectivity index (χ1) is 13.8.